The summed E-state index contributed by atoms with van der Waals surface area (Å²) in [7, 11) is 0. The van der Waals surface area contributed by atoms with Crippen LogP contribution in [0, 0.1) is 0 Å². The van der Waals surface area contributed by atoms with Crippen molar-refractivity contribution in [1.82, 2.24) is 10.2 Å². The maximum Gasteiger partial charge on any atom is 0.248 e. The Balaban J connectivity index is 1.46. The molecule has 5 heteroatoms. The highest BCUT2D eigenvalue weighted by Crippen LogP contribution is 2.26. The van der Waals surface area contributed by atoms with Crippen molar-refractivity contribution in [1.29, 1.82) is 0 Å². The first-order valence-corrected chi connectivity index (χ1v) is 8.94. The summed E-state index contributed by atoms with van der Waals surface area (Å²) >= 11 is 3.42. The minimum atomic E-state index is 0.484. The van der Waals surface area contributed by atoms with E-state index in [-0.39, 0.29) is 0 Å². The molecule has 0 N–H and O–H groups in total. The Morgan fingerprint density at radius 3 is 1.92 bits per heavy atom. The van der Waals surface area contributed by atoms with Crippen molar-refractivity contribution < 1.29 is 9.15 Å². The second kappa shape index (κ2) is 7.54. The molecule has 1 heterocycles. The second-order valence-electron chi connectivity index (χ2n) is 5.72. The van der Waals surface area contributed by atoms with E-state index in [0.717, 1.165) is 26.9 Å². The topological polar surface area (TPSA) is 48.2 Å². The van der Waals surface area contributed by atoms with Gasteiger partial charge in [0.2, 0.25) is 11.8 Å². The molecule has 128 valence electrons. The molecule has 0 fully saturated rings. The fourth-order valence-corrected chi connectivity index (χ4v) is 2.75. The Kier molecular flexibility index (Phi) is 4.80. The summed E-state index contributed by atoms with van der Waals surface area (Å²) in [6.07, 6.45) is 0. The molecule has 3 aromatic carbocycles. The average molecular weight is 407 g/mol. The van der Waals surface area contributed by atoms with E-state index < -0.39 is 0 Å². The monoisotopic (exact) mass is 406 g/mol. The number of nitrogens with zero attached hydrogens (tertiary/aromatic N) is 2. The first kappa shape index (κ1) is 16.5. The quantitative estimate of drug-likeness (QED) is 0.423. The van der Waals surface area contributed by atoms with Crippen molar-refractivity contribution in [3.05, 3.63) is 88.9 Å². The highest BCUT2D eigenvalue weighted by Gasteiger charge is 2.10. The minimum absolute atomic E-state index is 0.484. The number of ether oxygens (including phenoxy) is 1. The minimum Gasteiger partial charge on any atom is -0.489 e. The lowest BCUT2D eigenvalue weighted by Gasteiger charge is -2.06. The highest BCUT2D eigenvalue weighted by atomic mass is 79.9. The van der Waals surface area contributed by atoms with Crippen molar-refractivity contribution >= 4 is 15.9 Å². The lowest BCUT2D eigenvalue weighted by Crippen LogP contribution is -1.94. The molecule has 4 nitrogen and oxygen atoms in total. The van der Waals surface area contributed by atoms with E-state index in [9.17, 15) is 0 Å². The van der Waals surface area contributed by atoms with Crippen LogP contribution in [-0.4, -0.2) is 10.2 Å². The van der Waals surface area contributed by atoms with Crippen LogP contribution in [0.5, 0.6) is 5.75 Å². The van der Waals surface area contributed by atoms with Crippen LogP contribution in [-0.2, 0) is 6.61 Å². The Labute approximate surface area is 159 Å². The van der Waals surface area contributed by atoms with Crippen LogP contribution in [0.15, 0.2) is 87.8 Å². The molecule has 0 aliphatic rings. The smallest absolute Gasteiger partial charge is 0.248 e. The van der Waals surface area contributed by atoms with Gasteiger partial charge in [-0.15, -0.1) is 10.2 Å². The normalized spacial score (nSPS) is 10.7. The first-order chi connectivity index (χ1) is 12.8. The SMILES string of the molecule is Brc1ccc(-c2nnc(-c3ccc(OCc4ccccc4)cc3)o2)cc1. The van der Waals surface area contributed by atoms with Crippen molar-refractivity contribution in [2.75, 3.05) is 0 Å². The summed E-state index contributed by atoms with van der Waals surface area (Å²) in [5, 5.41) is 8.27. The predicted octanol–water partition coefficient (Wildman–Crippen LogP) is 5.75. The van der Waals surface area contributed by atoms with Crippen molar-refractivity contribution in [2.45, 2.75) is 6.61 Å². The van der Waals surface area contributed by atoms with Crippen LogP contribution in [0.2, 0.25) is 0 Å². The van der Waals surface area contributed by atoms with E-state index in [4.69, 9.17) is 9.15 Å². The largest absolute Gasteiger partial charge is 0.489 e. The number of halogens is 1. The molecule has 1 aromatic heterocycles. The summed E-state index contributed by atoms with van der Waals surface area (Å²) in [4.78, 5) is 0. The van der Waals surface area contributed by atoms with Crippen LogP contribution in [0.1, 0.15) is 5.56 Å². The molecule has 0 amide bonds. The van der Waals surface area contributed by atoms with Gasteiger partial charge in [0.1, 0.15) is 12.4 Å². The first-order valence-electron chi connectivity index (χ1n) is 8.14. The van der Waals surface area contributed by atoms with Crippen LogP contribution in [0.25, 0.3) is 22.9 Å². The van der Waals surface area contributed by atoms with Gasteiger partial charge >= 0.3 is 0 Å². The van der Waals surface area contributed by atoms with Gasteiger partial charge in [0.05, 0.1) is 0 Å². The van der Waals surface area contributed by atoms with E-state index in [1.165, 1.54) is 0 Å². The second-order valence-corrected chi connectivity index (χ2v) is 6.63. The van der Waals surface area contributed by atoms with Gasteiger partial charge in [-0.3, -0.25) is 0 Å². The van der Waals surface area contributed by atoms with Crippen LogP contribution in [0.3, 0.4) is 0 Å². The van der Waals surface area contributed by atoms with E-state index >= 15 is 0 Å². The molecule has 0 aliphatic carbocycles. The van der Waals surface area contributed by atoms with Gasteiger partial charge in [0.15, 0.2) is 0 Å². The van der Waals surface area contributed by atoms with E-state index in [2.05, 4.69) is 26.1 Å². The third-order valence-electron chi connectivity index (χ3n) is 3.87. The molecule has 4 rings (SSSR count). The highest BCUT2D eigenvalue weighted by molar-refractivity contribution is 9.10. The third kappa shape index (κ3) is 3.83. The van der Waals surface area contributed by atoms with E-state index in [1.807, 2.05) is 78.9 Å². The molecule has 4 aromatic rings. The number of hydrogen-bond acceptors (Lipinski definition) is 4. The number of aromatic nitrogens is 2. The molecular weight excluding hydrogens is 392 g/mol. The standard InChI is InChI=1S/C21H15BrN2O2/c22-18-10-6-16(7-11-18)20-23-24-21(26-20)17-8-12-19(13-9-17)25-14-15-4-2-1-3-5-15/h1-13H,14H2. The average Bonchev–Trinajstić information content (AvgIpc) is 3.18. The predicted molar refractivity (Wildman–Crippen MR) is 104 cm³/mol. The van der Waals surface area contributed by atoms with Crippen LogP contribution < -0.4 is 4.74 Å². The molecule has 26 heavy (non-hydrogen) atoms. The fraction of sp³-hybridized carbons (Fsp3) is 0.0476. The summed E-state index contributed by atoms with van der Waals surface area (Å²) < 4.78 is 12.6. The fourth-order valence-electron chi connectivity index (χ4n) is 2.48. The molecule has 0 radical (unpaired) electrons. The van der Waals surface area contributed by atoms with Crippen molar-refractivity contribution in [2.24, 2.45) is 0 Å². The van der Waals surface area contributed by atoms with Crippen LogP contribution in [0.4, 0.5) is 0 Å². The van der Waals surface area contributed by atoms with Gasteiger partial charge < -0.3 is 9.15 Å². The third-order valence-corrected chi connectivity index (χ3v) is 4.39. The maximum atomic E-state index is 5.80. The summed E-state index contributed by atoms with van der Waals surface area (Å²) in [5.41, 5.74) is 2.87. The van der Waals surface area contributed by atoms with Gasteiger partial charge in [-0.1, -0.05) is 46.3 Å². The van der Waals surface area contributed by atoms with E-state index in [1.54, 1.807) is 0 Å². The molecule has 0 aliphatic heterocycles. The summed E-state index contributed by atoms with van der Waals surface area (Å²) in [6.45, 7) is 0.536. The molecule has 0 spiro atoms. The Morgan fingerprint density at radius 2 is 1.31 bits per heavy atom. The maximum absolute atomic E-state index is 5.80. The Morgan fingerprint density at radius 1 is 0.731 bits per heavy atom. The molecule has 0 saturated carbocycles. The molecule has 0 atom stereocenters. The molecule has 0 unspecified atom stereocenters. The lowest BCUT2D eigenvalue weighted by molar-refractivity contribution is 0.306. The van der Waals surface area contributed by atoms with E-state index in [0.29, 0.717) is 18.4 Å². The number of benzene rings is 3. The molecule has 0 saturated heterocycles. The summed E-state index contributed by atoms with van der Waals surface area (Å²) in [5.74, 6) is 1.78. The van der Waals surface area contributed by atoms with Crippen molar-refractivity contribution in [3.63, 3.8) is 0 Å². The number of rotatable bonds is 5. The molecule has 0 bridgehead atoms. The Hall–Kier alpha value is -2.92. The lowest BCUT2D eigenvalue weighted by atomic mass is 10.2. The van der Waals surface area contributed by atoms with Gasteiger partial charge in [0, 0.05) is 15.6 Å². The zero-order chi connectivity index (χ0) is 17.8. The van der Waals surface area contributed by atoms with Gasteiger partial charge in [0.25, 0.3) is 0 Å². The van der Waals surface area contributed by atoms with Crippen LogP contribution >= 0.6 is 15.9 Å². The molecular formula is C21H15BrN2O2. The van der Waals surface area contributed by atoms with Gasteiger partial charge in [-0.05, 0) is 54.1 Å². The summed E-state index contributed by atoms with van der Waals surface area (Å²) in [6, 6.07) is 25.5. The van der Waals surface area contributed by atoms with Gasteiger partial charge in [-0.2, -0.15) is 0 Å². The zero-order valence-electron chi connectivity index (χ0n) is 13.8. The Bertz CT molecular complexity index is 981. The van der Waals surface area contributed by atoms with Gasteiger partial charge in [-0.25, -0.2) is 0 Å². The number of hydrogen-bond donors (Lipinski definition) is 0. The van der Waals surface area contributed by atoms with Crippen molar-refractivity contribution in [3.8, 4) is 28.7 Å². The zero-order valence-corrected chi connectivity index (χ0v) is 15.4.